The SMILES string of the molecule is COc1cc(OC)c(N2CC3CCCN3CC2C)cc1Cl. The van der Waals surface area contributed by atoms with Crippen LogP contribution in [-0.4, -0.2) is 50.8 Å². The summed E-state index contributed by atoms with van der Waals surface area (Å²) in [6.45, 7) is 5.66. The molecule has 0 amide bonds. The van der Waals surface area contributed by atoms with Crippen molar-refractivity contribution in [2.24, 2.45) is 0 Å². The highest BCUT2D eigenvalue weighted by Gasteiger charge is 2.35. The summed E-state index contributed by atoms with van der Waals surface area (Å²) in [5, 5.41) is 0.634. The van der Waals surface area contributed by atoms with Gasteiger partial charge >= 0.3 is 0 Å². The zero-order chi connectivity index (χ0) is 15.0. The Hall–Kier alpha value is -1.13. The van der Waals surface area contributed by atoms with E-state index in [9.17, 15) is 0 Å². The Bertz CT molecular complexity index is 523. The number of hydrogen-bond donors (Lipinski definition) is 0. The molecule has 2 fully saturated rings. The number of benzene rings is 1. The van der Waals surface area contributed by atoms with Crippen molar-refractivity contribution < 1.29 is 9.47 Å². The van der Waals surface area contributed by atoms with Gasteiger partial charge in [0.05, 0.1) is 24.9 Å². The lowest BCUT2D eigenvalue weighted by Gasteiger charge is -2.44. The van der Waals surface area contributed by atoms with Crippen molar-refractivity contribution in [3.63, 3.8) is 0 Å². The lowest BCUT2D eigenvalue weighted by atomic mass is 10.1. The van der Waals surface area contributed by atoms with Crippen molar-refractivity contribution in [2.75, 3.05) is 38.8 Å². The molecule has 0 aromatic heterocycles. The van der Waals surface area contributed by atoms with Crippen molar-refractivity contribution in [2.45, 2.75) is 31.8 Å². The highest BCUT2D eigenvalue weighted by atomic mass is 35.5. The summed E-state index contributed by atoms with van der Waals surface area (Å²) in [5.41, 5.74) is 1.07. The number of nitrogens with zero attached hydrogens (tertiary/aromatic N) is 2. The fraction of sp³-hybridized carbons (Fsp3) is 0.625. The van der Waals surface area contributed by atoms with Gasteiger partial charge in [0.15, 0.2) is 0 Å². The largest absolute Gasteiger partial charge is 0.495 e. The van der Waals surface area contributed by atoms with Crippen LogP contribution in [0.25, 0.3) is 0 Å². The molecule has 1 aromatic carbocycles. The molecule has 5 heteroatoms. The average Bonchev–Trinajstić information content (AvgIpc) is 2.93. The van der Waals surface area contributed by atoms with Gasteiger partial charge in [-0.3, -0.25) is 4.90 Å². The van der Waals surface area contributed by atoms with E-state index in [1.165, 1.54) is 19.4 Å². The number of hydrogen-bond acceptors (Lipinski definition) is 4. The van der Waals surface area contributed by atoms with E-state index in [0.29, 0.717) is 22.9 Å². The highest BCUT2D eigenvalue weighted by Crippen LogP contribution is 2.40. The lowest BCUT2D eigenvalue weighted by molar-refractivity contribution is 0.202. The minimum Gasteiger partial charge on any atom is -0.495 e. The Kier molecular flexibility index (Phi) is 4.18. The van der Waals surface area contributed by atoms with Crippen LogP contribution in [0.3, 0.4) is 0 Å². The van der Waals surface area contributed by atoms with Crippen molar-refractivity contribution in [1.82, 2.24) is 4.90 Å². The van der Waals surface area contributed by atoms with Gasteiger partial charge in [-0.15, -0.1) is 0 Å². The van der Waals surface area contributed by atoms with Gasteiger partial charge in [-0.2, -0.15) is 0 Å². The minimum absolute atomic E-state index is 0.456. The predicted molar refractivity (Wildman–Crippen MR) is 86.0 cm³/mol. The molecule has 1 aromatic rings. The van der Waals surface area contributed by atoms with Gasteiger partial charge < -0.3 is 14.4 Å². The van der Waals surface area contributed by atoms with Gasteiger partial charge in [0, 0.05) is 31.2 Å². The van der Waals surface area contributed by atoms with Gasteiger partial charge in [-0.1, -0.05) is 11.6 Å². The molecule has 2 saturated heterocycles. The first-order valence-corrected chi connectivity index (χ1v) is 7.94. The number of halogens is 1. The van der Waals surface area contributed by atoms with Gasteiger partial charge in [0.1, 0.15) is 11.5 Å². The van der Waals surface area contributed by atoms with E-state index in [1.54, 1.807) is 14.2 Å². The maximum atomic E-state index is 6.32. The van der Waals surface area contributed by atoms with E-state index in [-0.39, 0.29) is 0 Å². The Labute approximate surface area is 131 Å². The standard InChI is InChI=1S/C16H23ClN2O2/c1-11-9-18-6-4-5-12(18)10-19(11)14-7-13(17)15(20-2)8-16(14)21-3/h7-8,11-12H,4-6,9-10H2,1-3H3. The van der Waals surface area contributed by atoms with Crippen molar-refractivity contribution in [1.29, 1.82) is 0 Å². The minimum atomic E-state index is 0.456. The first-order valence-electron chi connectivity index (χ1n) is 7.56. The second-order valence-electron chi connectivity index (χ2n) is 5.95. The number of fused-ring (bicyclic) bond motifs is 1. The summed E-state index contributed by atoms with van der Waals surface area (Å²) < 4.78 is 10.8. The Morgan fingerprint density at radius 1 is 1.14 bits per heavy atom. The summed E-state index contributed by atoms with van der Waals surface area (Å²) in [6.07, 6.45) is 2.60. The molecule has 2 aliphatic rings. The third-order valence-corrected chi connectivity index (χ3v) is 5.00. The molecule has 0 saturated carbocycles. The summed E-state index contributed by atoms with van der Waals surface area (Å²) in [7, 11) is 3.32. The molecule has 116 valence electrons. The molecule has 0 bridgehead atoms. The molecule has 2 unspecified atom stereocenters. The topological polar surface area (TPSA) is 24.9 Å². The highest BCUT2D eigenvalue weighted by molar-refractivity contribution is 6.32. The third-order valence-electron chi connectivity index (χ3n) is 4.70. The van der Waals surface area contributed by atoms with Gasteiger partial charge in [0.25, 0.3) is 0 Å². The third kappa shape index (κ3) is 2.67. The maximum absolute atomic E-state index is 6.32. The van der Waals surface area contributed by atoms with Crippen molar-refractivity contribution in [3.8, 4) is 11.5 Å². The van der Waals surface area contributed by atoms with Crippen molar-refractivity contribution in [3.05, 3.63) is 17.2 Å². The maximum Gasteiger partial charge on any atom is 0.145 e. The van der Waals surface area contributed by atoms with E-state index >= 15 is 0 Å². The number of anilines is 1. The zero-order valence-corrected chi connectivity index (χ0v) is 13.7. The van der Waals surface area contributed by atoms with E-state index in [2.05, 4.69) is 16.7 Å². The Balaban J connectivity index is 1.93. The molecule has 2 heterocycles. The van der Waals surface area contributed by atoms with Gasteiger partial charge in [-0.25, -0.2) is 0 Å². The monoisotopic (exact) mass is 310 g/mol. The summed E-state index contributed by atoms with van der Waals surface area (Å²) in [6, 6.07) is 4.97. The van der Waals surface area contributed by atoms with E-state index in [0.717, 1.165) is 24.5 Å². The molecular formula is C16H23ClN2O2. The second kappa shape index (κ2) is 5.93. The second-order valence-corrected chi connectivity index (χ2v) is 6.36. The van der Waals surface area contributed by atoms with E-state index < -0.39 is 0 Å². The average molecular weight is 311 g/mol. The van der Waals surface area contributed by atoms with Crippen LogP contribution in [0.1, 0.15) is 19.8 Å². The zero-order valence-electron chi connectivity index (χ0n) is 12.9. The number of piperazine rings is 1. The smallest absolute Gasteiger partial charge is 0.145 e. The van der Waals surface area contributed by atoms with Crippen LogP contribution in [0, 0.1) is 0 Å². The molecule has 4 nitrogen and oxygen atoms in total. The number of ether oxygens (including phenoxy) is 2. The fourth-order valence-corrected chi connectivity index (χ4v) is 3.83. The summed E-state index contributed by atoms with van der Waals surface area (Å²) >= 11 is 6.32. The van der Waals surface area contributed by atoms with E-state index in [4.69, 9.17) is 21.1 Å². The van der Waals surface area contributed by atoms with Crippen LogP contribution in [0.2, 0.25) is 5.02 Å². The van der Waals surface area contributed by atoms with Crippen LogP contribution in [0.5, 0.6) is 11.5 Å². The number of methoxy groups -OCH3 is 2. The van der Waals surface area contributed by atoms with Gasteiger partial charge in [-0.05, 0) is 32.4 Å². The van der Waals surface area contributed by atoms with Crippen LogP contribution in [0.15, 0.2) is 12.1 Å². The van der Waals surface area contributed by atoms with Crippen molar-refractivity contribution >= 4 is 17.3 Å². The van der Waals surface area contributed by atoms with Crippen LogP contribution >= 0.6 is 11.6 Å². The van der Waals surface area contributed by atoms with Crippen LogP contribution in [0.4, 0.5) is 5.69 Å². The molecule has 0 radical (unpaired) electrons. The lowest BCUT2D eigenvalue weighted by Crippen LogP contribution is -2.55. The first kappa shape index (κ1) is 14.8. The predicted octanol–water partition coefficient (Wildman–Crippen LogP) is 3.03. The normalized spacial score (nSPS) is 25.8. The summed E-state index contributed by atoms with van der Waals surface area (Å²) in [5.74, 6) is 1.49. The summed E-state index contributed by atoms with van der Waals surface area (Å²) in [4.78, 5) is 5.04. The van der Waals surface area contributed by atoms with Crippen LogP contribution < -0.4 is 14.4 Å². The molecule has 2 atom stereocenters. The fourth-order valence-electron chi connectivity index (χ4n) is 3.59. The molecule has 3 rings (SSSR count). The Morgan fingerprint density at radius 3 is 2.62 bits per heavy atom. The van der Waals surface area contributed by atoms with Crippen LogP contribution in [-0.2, 0) is 0 Å². The Morgan fingerprint density at radius 2 is 1.90 bits per heavy atom. The van der Waals surface area contributed by atoms with E-state index in [1.807, 2.05) is 12.1 Å². The molecule has 0 aliphatic carbocycles. The first-order chi connectivity index (χ1) is 10.1. The molecular weight excluding hydrogens is 288 g/mol. The molecule has 0 N–H and O–H groups in total. The molecule has 21 heavy (non-hydrogen) atoms. The quantitative estimate of drug-likeness (QED) is 0.857. The molecule has 0 spiro atoms. The number of rotatable bonds is 3. The van der Waals surface area contributed by atoms with Gasteiger partial charge in [0.2, 0.25) is 0 Å². The molecule has 2 aliphatic heterocycles.